The molecule has 0 aliphatic carbocycles. The van der Waals surface area contributed by atoms with Crippen LogP contribution in [0.1, 0.15) is 11.1 Å². The molecule has 0 aromatic carbocycles. The van der Waals surface area contributed by atoms with Gasteiger partial charge in [0, 0.05) is 13.6 Å². The number of thiophene rings is 1. The molecule has 5 nitrogen and oxygen atoms in total. The molecular formula is C10H14N2O3S. The summed E-state index contributed by atoms with van der Waals surface area (Å²) >= 11 is 1.58. The van der Waals surface area contributed by atoms with Crippen LogP contribution < -0.4 is 5.32 Å². The van der Waals surface area contributed by atoms with Gasteiger partial charge in [-0.25, -0.2) is 4.79 Å². The molecule has 6 heteroatoms. The number of likely N-dealkylation sites (N-methyl/N-ethyl adjacent to an activating group) is 1. The van der Waals surface area contributed by atoms with E-state index in [2.05, 4.69) is 5.32 Å². The number of urea groups is 1. The number of hydrogen-bond donors (Lipinski definition) is 2. The second-order valence-electron chi connectivity index (χ2n) is 3.49. The highest BCUT2D eigenvalue weighted by Crippen LogP contribution is 2.12. The minimum absolute atomic E-state index is 0.297. The molecule has 88 valence electrons. The van der Waals surface area contributed by atoms with Gasteiger partial charge in [-0.3, -0.25) is 4.79 Å². The van der Waals surface area contributed by atoms with Gasteiger partial charge in [-0.15, -0.1) is 0 Å². The van der Waals surface area contributed by atoms with Gasteiger partial charge >= 0.3 is 12.0 Å². The van der Waals surface area contributed by atoms with Gasteiger partial charge in [-0.2, -0.15) is 11.3 Å². The van der Waals surface area contributed by atoms with Crippen molar-refractivity contribution in [2.24, 2.45) is 0 Å². The lowest BCUT2D eigenvalue weighted by Crippen LogP contribution is -2.39. The lowest BCUT2D eigenvalue weighted by Gasteiger charge is -2.15. The van der Waals surface area contributed by atoms with Crippen LogP contribution in [0.2, 0.25) is 0 Å². The van der Waals surface area contributed by atoms with E-state index in [1.807, 2.05) is 17.7 Å². The van der Waals surface area contributed by atoms with E-state index in [0.717, 1.165) is 16.0 Å². The van der Waals surface area contributed by atoms with Crippen molar-refractivity contribution in [3.63, 3.8) is 0 Å². The third kappa shape index (κ3) is 3.54. The maximum Gasteiger partial charge on any atom is 0.323 e. The smallest absolute Gasteiger partial charge is 0.323 e. The van der Waals surface area contributed by atoms with E-state index < -0.39 is 5.97 Å². The van der Waals surface area contributed by atoms with Crippen LogP contribution in [0.5, 0.6) is 0 Å². The molecule has 0 radical (unpaired) electrons. The third-order valence-electron chi connectivity index (χ3n) is 2.11. The standard InChI is InChI=1S/C10H14N2O3S/c1-7-5-16-6-8(7)3-11-10(15)12(2)4-9(13)14/h5-6H,3-4H2,1-2H3,(H,11,15)(H,13,14). The van der Waals surface area contributed by atoms with Crippen molar-refractivity contribution >= 4 is 23.3 Å². The molecule has 1 aromatic heterocycles. The quantitative estimate of drug-likeness (QED) is 0.835. The second-order valence-corrected chi connectivity index (χ2v) is 4.23. The number of nitrogens with zero attached hydrogens (tertiary/aromatic N) is 1. The molecule has 0 bridgehead atoms. The first-order chi connectivity index (χ1) is 7.50. The summed E-state index contributed by atoms with van der Waals surface area (Å²) in [7, 11) is 1.45. The number of nitrogens with one attached hydrogen (secondary N) is 1. The minimum atomic E-state index is -1.02. The molecule has 1 heterocycles. The summed E-state index contributed by atoms with van der Waals surface area (Å²) < 4.78 is 0. The van der Waals surface area contributed by atoms with Crippen LogP contribution in [0.4, 0.5) is 4.79 Å². The number of rotatable bonds is 4. The molecule has 0 saturated carbocycles. The highest BCUT2D eigenvalue weighted by molar-refractivity contribution is 7.08. The van der Waals surface area contributed by atoms with Gasteiger partial charge in [0.05, 0.1) is 0 Å². The van der Waals surface area contributed by atoms with Crippen molar-refractivity contribution < 1.29 is 14.7 Å². The van der Waals surface area contributed by atoms with Crippen LogP contribution in [0.3, 0.4) is 0 Å². The number of amides is 2. The molecule has 2 N–H and O–H groups in total. The van der Waals surface area contributed by atoms with Crippen molar-refractivity contribution in [2.45, 2.75) is 13.5 Å². The molecule has 0 spiro atoms. The van der Waals surface area contributed by atoms with E-state index in [1.165, 1.54) is 7.05 Å². The largest absolute Gasteiger partial charge is 0.480 e. The van der Waals surface area contributed by atoms with Gasteiger partial charge in [0.1, 0.15) is 6.54 Å². The maximum atomic E-state index is 11.4. The zero-order valence-electron chi connectivity index (χ0n) is 9.19. The number of carbonyl (C=O) groups excluding carboxylic acids is 1. The number of carboxylic acid groups (broad SMARTS) is 1. The maximum absolute atomic E-state index is 11.4. The van der Waals surface area contributed by atoms with Crippen LogP contribution >= 0.6 is 11.3 Å². The molecule has 0 aliphatic rings. The van der Waals surface area contributed by atoms with Crippen LogP contribution in [-0.2, 0) is 11.3 Å². The predicted octanol–water partition coefficient (Wildman–Crippen LogP) is 1.28. The molecule has 1 rings (SSSR count). The van der Waals surface area contributed by atoms with Crippen LogP contribution in [-0.4, -0.2) is 35.6 Å². The Morgan fingerprint density at radius 3 is 2.69 bits per heavy atom. The topological polar surface area (TPSA) is 69.6 Å². The third-order valence-corrected chi connectivity index (χ3v) is 3.02. The zero-order chi connectivity index (χ0) is 12.1. The summed E-state index contributed by atoms with van der Waals surface area (Å²) in [6.07, 6.45) is 0. The first-order valence-corrected chi connectivity index (χ1v) is 5.67. The summed E-state index contributed by atoms with van der Waals surface area (Å²) in [6, 6.07) is -0.381. The zero-order valence-corrected chi connectivity index (χ0v) is 10.0. The fourth-order valence-corrected chi connectivity index (χ4v) is 2.01. The SMILES string of the molecule is Cc1cscc1CNC(=O)N(C)CC(=O)O. The Labute approximate surface area is 97.7 Å². The Balaban J connectivity index is 2.41. The molecule has 1 aromatic rings. The van der Waals surface area contributed by atoms with E-state index in [9.17, 15) is 9.59 Å². The fraction of sp³-hybridized carbons (Fsp3) is 0.400. The minimum Gasteiger partial charge on any atom is -0.480 e. The van der Waals surface area contributed by atoms with E-state index in [0.29, 0.717) is 6.54 Å². The van der Waals surface area contributed by atoms with Crippen molar-refractivity contribution in [3.05, 3.63) is 21.9 Å². The van der Waals surface area contributed by atoms with E-state index in [1.54, 1.807) is 11.3 Å². The van der Waals surface area contributed by atoms with E-state index in [-0.39, 0.29) is 12.6 Å². The lowest BCUT2D eigenvalue weighted by atomic mass is 10.2. The normalized spacial score (nSPS) is 9.88. The molecule has 0 saturated heterocycles. The van der Waals surface area contributed by atoms with Crippen molar-refractivity contribution in [2.75, 3.05) is 13.6 Å². The van der Waals surface area contributed by atoms with Gasteiger partial charge in [-0.1, -0.05) is 0 Å². The molecular weight excluding hydrogens is 228 g/mol. The summed E-state index contributed by atoms with van der Waals surface area (Å²) in [5, 5.41) is 15.1. The number of aryl methyl sites for hydroxylation is 1. The summed E-state index contributed by atoms with van der Waals surface area (Å²) in [4.78, 5) is 23.0. The highest BCUT2D eigenvalue weighted by Gasteiger charge is 2.11. The van der Waals surface area contributed by atoms with E-state index >= 15 is 0 Å². The van der Waals surface area contributed by atoms with Gasteiger partial charge in [0.2, 0.25) is 0 Å². The summed E-state index contributed by atoms with van der Waals surface area (Å²) in [6.45, 7) is 2.10. The number of aliphatic carboxylic acids is 1. The first-order valence-electron chi connectivity index (χ1n) is 4.73. The Morgan fingerprint density at radius 2 is 2.19 bits per heavy atom. The van der Waals surface area contributed by atoms with Gasteiger partial charge in [-0.05, 0) is 28.8 Å². The molecule has 16 heavy (non-hydrogen) atoms. The molecule has 0 unspecified atom stereocenters. The summed E-state index contributed by atoms with van der Waals surface area (Å²) in [5.41, 5.74) is 2.19. The molecule has 2 amide bonds. The van der Waals surface area contributed by atoms with Crippen LogP contribution in [0.15, 0.2) is 10.8 Å². The number of hydrogen-bond acceptors (Lipinski definition) is 3. The van der Waals surface area contributed by atoms with Crippen molar-refractivity contribution in [1.29, 1.82) is 0 Å². The van der Waals surface area contributed by atoms with Crippen molar-refractivity contribution in [1.82, 2.24) is 10.2 Å². The Kier molecular flexibility index (Phi) is 4.30. The average molecular weight is 242 g/mol. The van der Waals surface area contributed by atoms with Crippen LogP contribution in [0, 0.1) is 6.92 Å². The average Bonchev–Trinajstić information content (AvgIpc) is 2.59. The number of carbonyl (C=O) groups is 2. The molecule has 0 aliphatic heterocycles. The van der Waals surface area contributed by atoms with Crippen molar-refractivity contribution in [3.8, 4) is 0 Å². The molecule has 0 atom stereocenters. The predicted molar refractivity (Wildman–Crippen MR) is 61.6 cm³/mol. The van der Waals surface area contributed by atoms with Gasteiger partial charge in [0.15, 0.2) is 0 Å². The van der Waals surface area contributed by atoms with Gasteiger partial charge in [0.25, 0.3) is 0 Å². The number of carboxylic acids is 1. The Morgan fingerprint density at radius 1 is 1.50 bits per heavy atom. The second kappa shape index (κ2) is 5.50. The highest BCUT2D eigenvalue weighted by atomic mass is 32.1. The monoisotopic (exact) mass is 242 g/mol. The Bertz CT molecular complexity index is 389. The van der Waals surface area contributed by atoms with E-state index in [4.69, 9.17) is 5.11 Å². The molecule has 0 fully saturated rings. The Hall–Kier alpha value is -1.56. The lowest BCUT2D eigenvalue weighted by molar-refractivity contribution is -0.137. The fourth-order valence-electron chi connectivity index (χ4n) is 1.15. The summed E-state index contributed by atoms with van der Waals surface area (Å²) in [5.74, 6) is -1.02. The first kappa shape index (κ1) is 12.5. The van der Waals surface area contributed by atoms with Gasteiger partial charge < -0.3 is 15.3 Å². The van der Waals surface area contributed by atoms with Crippen LogP contribution in [0.25, 0.3) is 0 Å².